The molecule has 1 saturated heterocycles. The summed E-state index contributed by atoms with van der Waals surface area (Å²) in [7, 11) is 0. The maximum atomic E-state index is 12.7. The Morgan fingerprint density at radius 2 is 1.75 bits per heavy atom. The fourth-order valence-corrected chi connectivity index (χ4v) is 3.07. The summed E-state index contributed by atoms with van der Waals surface area (Å²) in [4.78, 5) is 14.4. The Kier molecular flexibility index (Phi) is 6.41. The summed E-state index contributed by atoms with van der Waals surface area (Å²) in [6.45, 7) is 2.91. The van der Waals surface area contributed by atoms with Gasteiger partial charge in [-0.15, -0.1) is 0 Å². The van der Waals surface area contributed by atoms with Crippen molar-refractivity contribution in [2.75, 3.05) is 36.5 Å². The number of halogens is 3. The van der Waals surface area contributed by atoms with E-state index in [2.05, 4.69) is 15.5 Å². The average molecular weight is 393 g/mol. The second kappa shape index (κ2) is 8.97. The Morgan fingerprint density at radius 3 is 2.46 bits per heavy atom. The Morgan fingerprint density at radius 1 is 1.04 bits per heavy atom. The van der Waals surface area contributed by atoms with E-state index < -0.39 is 18.6 Å². The van der Waals surface area contributed by atoms with Crippen molar-refractivity contribution in [1.29, 1.82) is 0 Å². The minimum atomic E-state index is -4.29. The third-order valence-corrected chi connectivity index (χ3v) is 4.43. The number of carbonyl (C=O) groups is 1. The van der Waals surface area contributed by atoms with Crippen LogP contribution >= 0.6 is 0 Å². The number of hydrogen-bond acceptors (Lipinski definition) is 3. The quantitative estimate of drug-likeness (QED) is 0.809. The van der Waals surface area contributed by atoms with Crippen LogP contribution in [0.3, 0.4) is 0 Å². The summed E-state index contributed by atoms with van der Waals surface area (Å²) >= 11 is 0. The third-order valence-electron chi connectivity index (χ3n) is 4.43. The van der Waals surface area contributed by atoms with Crippen molar-refractivity contribution < 1.29 is 22.7 Å². The summed E-state index contributed by atoms with van der Waals surface area (Å²) < 4.78 is 43.4. The minimum absolute atomic E-state index is 0.0151. The highest BCUT2D eigenvalue weighted by atomic mass is 19.4. The Balaban J connectivity index is 1.58. The van der Waals surface area contributed by atoms with Gasteiger partial charge < -0.3 is 20.3 Å². The van der Waals surface area contributed by atoms with E-state index in [1.807, 2.05) is 18.2 Å². The molecule has 0 spiro atoms. The number of hydrogen-bond donors (Lipinski definition) is 2. The topological polar surface area (TPSA) is 53.6 Å². The number of carbonyl (C=O) groups excluding carboxylic acids is 1. The number of urea groups is 1. The fourth-order valence-electron chi connectivity index (χ4n) is 3.07. The van der Waals surface area contributed by atoms with Crippen molar-refractivity contribution in [2.24, 2.45) is 0 Å². The van der Waals surface area contributed by atoms with Crippen LogP contribution in [0.5, 0.6) is 0 Å². The molecular formula is C20H22F3N3O2. The first-order chi connectivity index (χ1) is 13.4. The molecule has 5 nitrogen and oxygen atoms in total. The molecule has 8 heteroatoms. The lowest BCUT2D eigenvalue weighted by Crippen LogP contribution is -2.36. The maximum absolute atomic E-state index is 12.7. The molecule has 0 radical (unpaired) electrons. The molecule has 0 atom stereocenters. The first-order valence-electron chi connectivity index (χ1n) is 9.02. The summed E-state index contributed by atoms with van der Waals surface area (Å²) in [6, 6.07) is 13.2. The number of nitrogens with zero attached hydrogens (tertiary/aromatic N) is 1. The van der Waals surface area contributed by atoms with Gasteiger partial charge in [-0.25, -0.2) is 4.79 Å². The number of rotatable bonds is 5. The number of benzene rings is 2. The Labute approximate surface area is 161 Å². The lowest BCUT2D eigenvalue weighted by atomic mass is 10.0. The molecule has 1 aliphatic rings. The van der Waals surface area contributed by atoms with E-state index >= 15 is 0 Å². The summed E-state index contributed by atoms with van der Waals surface area (Å²) in [5.74, 6) is 0. The number of amides is 2. The maximum Gasteiger partial charge on any atom is 0.393 e. The average Bonchev–Trinajstić information content (AvgIpc) is 2.67. The van der Waals surface area contributed by atoms with Gasteiger partial charge in [0, 0.05) is 31.0 Å². The second-order valence-corrected chi connectivity index (χ2v) is 6.52. The van der Waals surface area contributed by atoms with E-state index in [-0.39, 0.29) is 12.1 Å². The van der Waals surface area contributed by atoms with Crippen molar-refractivity contribution >= 4 is 17.4 Å². The lowest BCUT2D eigenvalue weighted by molar-refractivity contribution is -0.127. The van der Waals surface area contributed by atoms with Gasteiger partial charge in [0.1, 0.15) is 0 Å². The highest BCUT2D eigenvalue weighted by Gasteiger charge is 2.28. The van der Waals surface area contributed by atoms with Crippen LogP contribution < -0.4 is 15.5 Å². The Hall–Kier alpha value is -2.74. The molecule has 1 heterocycles. The van der Waals surface area contributed by atoms with Crippen molar-refractivity contribution in [3.63, 3.8) is 0 Å². The predicted molar refractivity (Wildman–Crippen MR) is 102 cm³/mol. The van der Waals surface area contributed by atoms with Gasteiger partial charge in [0.05, 0.1) is 19.6 Å². The van der Waals surface area contributed by atoms with Crippen molar-refractivity contribution in [3.8, 4) is 0 Å². The monoisotopic (exact) mass is 393 g/mol. The highest BCUT2D eigenvalue weighted by Crippen LogP contribution is 2.24. The van der Waals surface area contributed by atoms with Crippen LogP contribution in [0.2, 0.25) is 0 Å². The third kappa shape index (κ3) is 5.88. The van der Waals surface area contributed by atoms with Crippen LogP contribution in [0.25, 0.3) is 0 Å². The number of anilines is 2. The molecule has 2 aromatic rings. The van der Waals surface area contributed by atoms with Gasteiger partial charge >= 0.3 is 12.2 Å². The zero-order valence-electron chi connectivity index (χ0n) is 15.3. The van der Waals surface area contributed by atoms with Crippen molar-refractivity contribution in [3.05, 3.63) is 59.7 Å². The first-order valence-corrected chi connectivity index (χ1v) is 9.02. The van der Waals surface area contributed by atoms with Gasteiger partial charge in [-0.1, -0.05) is 30.3 Å². The molecule has 2 aromatic carbocycles. The molecule has 1 aliphatic heterocycles. The molecule has 2 amide bonds. The molecule has 2 N–H and O–H groups in total. The Bertz CT molecular complexity index is 805. The molecular weight excluding hydrogens is 371 g/mol. The van der Waals surface area contributed by atoms with Gasteiger partial charge in [-0.2, -0.15) is 13.2 Å². The van der Waals surface area contributed by atoms with Gasteiger partial charge in [0.15, 0.2) is 0 Å². The minimum Gasteiger partial charge on any atom is -0.378 e. The van der Waals surface area contributed by atoms with Gasteiger partial charge in [0.2, 0.25) is 0 Å². The van der Waals surface area contributed by atoms with E-state index in [1.165, 1.54) is 6.07 Å². The number of nitrogens with one attached hydrogen (secondary N) is 2. The molecule has 0 aliphatic carbocycles. The molecule has 0 unspecified atom stereocenters. The van der Waals surface area contributed by atoms with Crippen LogP contribution in [0, 0.1) is 0 Å². The van der Waals surface area contributed by atoms with Gasteiger partial charge in [-0.05, 0) is 29.3 Å². The highest BCUT2D eigenvalue weighted by molar-refractivity contribution is 5.89. The van der Waals surface area contributed by atoms with Crippen LogP contribution in [-0.2, 0) is 17.7 Å². The molecule has 0 aromatic heterocycles. The summed E-state index contributed by atoms with van der Waals surface area (Å²) in [5.41, 5.74) is 2.20. The zero-order chi connectivity index (χ0) is 20.0. The van der Waals surface area contributed by atoms with E-state index in [4.69, 9.17) is 4.74 Å². The second-order valence-electron chi connectivity index (χ2n) is 6.52. The van der Waals surface area contributed by atoms with E-state index in [9.17, 15) is 18.0 Å². The van der Waals surface area contributed by atoms with Crippen molar-refractivity contribution in [2.45, 2.75) is 19.1 Å². The largest absolute Gasteiger partial charge is 0.393 e. The molecule has 3 rings (SSSR count). The van der Waals surface area contributed by atoms with Crippen LogP contribution in [0.1, 0.15) is 11.1 Å². The summed E-state index contributed by atoms with van der Waals surface area (Å²) in [6.07, 6.45) is -5.31. The molecule has 28 heavy (non-hydrogen) atoms. The lowest BCUT2D eigenvalue weighted by Gasteiger charge is -2.29. The van der Waals surface area contributed by atoms with E-state index in [0.29, 0.717) is 24.5 Å². The number of morpholine rings is 1. The van der Waals surface area contributed by atoms with E-state index in [1.54, 1.807) is 24.3 Å². The number of ether oxygens (including phenoxy) is 1. The predicted octanol–water partition coefficient (Wildman–Crippen LogP) is 3.95. The van der Waals surface area contributed by atoms with Crippen LogP contribution in [0.15, 0.2) is 48.5 Å². The zero-order valence-corrected chi connectivity index (χ0v) is 15.3. The molecule has 0 bridgehead atoms. The van der Waals surface area contributed by atoms with Crippen molar-refractivity contribution in [1.82, 2.24) is 5.32 Å². The first kappa shape index (κ1) is 20.0. The standard InChI is InChI=1S/C20H22F3N3O2/c21-20(22,23)13-15-4-1-2-5-16(15)14-24-19(27)25-17-6-3-7-18(12-17)26-8-10-28-11-9-26/h1-7,12H,8-11,13-14H2,(H2,24,25,27). The summed E-state index contributed by atoms with van der Waals surface area (Å²) in [5, 5.41) is 5.35. The number of alkyl halides is 3. The fraction of sp³-hybridized carbons (Fsp3) is 0.350. The molecule has 0 saturated carbocycles. The van der Waals surface area contributed by atoms with Crippen LogP contribution in [0.4, 0.5) is 29.3 Å². The SMILES string of the molecule is O=C(NCc1ccccc1CC(F)(F)F)Nc1cccc(N2CCOCC2)c1. The van der Waals surface area contributed by atoms with E-state index in [0.717, 1.165) is 18.8 Å². The normalized spacial score (nSPS) is 14.6. The van der Waals surface area contributed by atoms with Gasteiger partial charge in [0.25, 0.3) is 0 Å². The molecule has 150 valence electrons. The van der Waals surface area contributed by atoms with Crippen LogP contribution in [-0.4, -0.2) is 38.5 Å². The van der Waals surface area contributed by atoms with Gasteiger partial charge in [-0.3, -0.25) is 0 Å². The molecule has 1 fully saturated rings. The smallest absolute Gasteiger partial charge is 0.378 e.